The smallest absolute Gasteiger partial charge is 0.293 e. The zero-order valence-electron chi connectivity index (χ0n) is 30.4. The number of nitrogens with zero attached hydrogens (tertiary/aromatic N) is 6. The quantitative estimate of drug-likeness (QED) is 0.115. The van der Waals surface area contributed by atoms with E-state index in [2.05, 4.69) is 40.8 Å². The molecule has 0 amide bonds. The first kappa shape index (κ1) is 58.3. The Balaban J connectivity index is -0.000000322. The molecule has 18 heteroatoms. The fraction of sp³-hybridized carbons (Fsp3) is 0.167. The van der Waals surface area contributed by atoms with Crippen LogP contribution in [0.3, 0.4) is 0 Å². The molecule has 0 aliphatic rings. The Labute approximate surface area is 382 Å². The predicted octanol–water partition coefficient (Wildman–Crippen LogP) is -12.4. The van der Waals surface area contributed by atoms with Gasteiger partial charge in [0.2, 0.25) is 18.6 Å². The Bertz CT molecular complexity index is 1810. The molecule has 6 heterocycles. The van der Waals surface area contributed by atoms with E-state index in [1.165, 1.54) is 0 Å². The van der Waals surface area contributed by atoms with Gasteiger partial charge in [0.15, 0.2) is 35.7 Å². The minimum atomic E-state index is 0. The van der Waals surface area contributed by atoms with Gasteiger partial charge in [-0.3, -0.25) is 0 Å². The average molecular weight is 1060 g/mol. The summed E-state index contributed by atoms with van der Waals surface area (Å²) in [6.45, 7) is 0. The van der Waals surface area contributed by atoms with E-state index in [-0.39, 0.29) is 74.4 Å². The van der Waals surface area contributed by atoms with Crippen LogP contribution >= 0.6 is 46.3 Å². The molecule has 0 bridgehead atoms. The molecule has 0 fully saturated rings. The maximum Gasteiger partial charge on any atom is 0.293 e. The van der Waals surface area contributed by atoms with E-state index in [1.807, 2.05) is 210 Å². The molecular weight excluding hydrogens is 1010 g/mol. The summed E-state index contributed by atoms with van der Waals surface area (Å²) < 4.78 is 13.2. The molecule has 6 rings (SSSR count). The van der Waals surface area contributed by atoms with Crippen LogP contribution in [-0.2, 0) is 42.3 Å². The van der Waals surface area contributed by atoms with Crippen molar-refractivity contribution in [2.45, 2.75) is 0 Å². The fourth-order valence-electron chi connectivity index (χ4n) is 4.45. The van der Waals surface area contributed by atoms with E-state index in [4.69, 9.17) is 0 Å². The molecule has 0 saturated heterocycles. The second-order valence-corrected chi connectivity index (χ2v) is 11.7. The lowest BCUT2D eigenvalue weighted by molar-refractivity contribution is -0.671. The highest BCUT2D eigenvalue weighted by Gasteiger charge is 2.13. The van der Waals surface area contributed by atoms with Gasteiger partial charge >= 0.3 is 0 Å². The topological polar surface area (TPSA) is 59.4 Å². The third-order valence-electron chi connectivity index (χ3n) is 6.87. The molecule has 0 aliphatic carbocycles. The van der Waals surface area contributed by atoms with Crippen molar-refractivity contribution in [2.24, 2.45) is 42.3 Å². The first-order valence-electron chi connectivity index (χ1n) is 15.0. The molecule has 0 aromatic carbocycles. The summed E-state index contributed by atoms with van der Waals surface area (Å²) >= 11 is 5.16. The number of aryl methyl sites for hydroxylation is 6. The van der Waals surface area contributed by atoms with E-state index < -0.39 is 0 Å². The lowest BCUT2D eigenvalue weighted by Gasteiger charge is -2.03. The third-order valence-corrected chi connectivity index (χ3v) is 7.51. The average Bonchev–Trinajstić information content (AvgIpc) is 3.07. The number of rotatable bonds is 6. The van der Waals surface area contributed by atoms with Crippen LogP contribution in [0.4, 0.5) is 34.5 Å². The minimum absolute atomic E-state index is 0. The Morgan fingerprint density at radius 2 is 0.759 bits per heavy atom. The van der Waals surface area contributed by atoms with Gasteiger partial charge in [0, 0.05) is 51.8 Å². The van der Waals surface area contributed by atoms with Crippen LogP contribution < -0.4 is 118 Å². The maximum absolute atomic E-state index is 4.61. The van der Waals surface area contributed by atoms with Gasteiger partial charge in [0.05, 0.1) is 39.7 Å². The zero-order valence-corrected chi connectivity index (χ0v) is 39.4. The van der Waals surface area contributed by atoms with Crippen LogP contribution in [0.15, 0.2) is 145 Å². The summed E-state index contributed by atoms with van der Waals surface area (Å²) in [5, 5.41) is 10.1. The standard InChI is InChI=1S/C12H13BrN3.2C12H14N3.ClI.6ClH/c1-15-7-3-5-10(9-15)14-12-11(13)6-4-8-16(12)2;2*1-14-8-5-6-11(10-14)13-12-7-3-4-9-15(12)2;1-2;;;;;;/h3-9H,1-2H3;2*3-10H,1-2H3;;6*1H/q3*+1;;;;;;;/p-3. The first-order chi connectivity index (χ1) is 23.2. The number of halogens is 9. The summed E-state index contributed by atoms with van der Waals surface area (Å²) in [6.07, 6.45) is 18.2. The molecule has 0 aliphatic heterocycles. The molecule has 0 unspecified atom stereocenters. The molecule has 296 valence electrons. The summed E-state index contributed by atoms with van der Waals surface area (Å²) in [7, 11) is 16.7. The molecule has 0 radical (unpaired) electrons. The van der Waals surface area contributed by atoms with Gasteiger partial charge < -0.3 is 74.4 Å². The van der Waals surface area contributed by atoms with Gasteiger partial charge in [-0.25, -0.2) is 43.4 Å². The Morgan fingerprint density at radius 3 is 1.09 bits per heavy atom. The first-order valence-corrected chi connectivity index (χ1v) is 18.5. The summed E-state index contributed by atoms with van der Waals surface area (Å²) in [5.74, 6) is 3.18. The van der Waals surface area contributed by atoms with Crippen molar-refractivity contribution < 1.29 is 102 Å². The molecule has 0 saturated carbocycles. The lowest BCUT2D eigenvalue weighted by atomic mass is 10.4. The number of nitrogens with one attached hydrogen (secondary N) is 3. The highest BCUT2D eigenvalue weighted by molar-refractivity contribution is 14.1. The molecule has 0 atom stereocenters. The maximum atomic E-state index is 4.61. The largest absolute Gasteiger partial charge is 1.00 e. The van der Waals surface area contributed by atoms with Crippen molar-refractivity contribution in [3.05, 3.63) is 145 Å². The minimum Gasteiger partial charge on any atom is -1.00 e. The Kier molecular flexibility index (Phi) is 34.2. The number of hydrogen-bond acceptors (Lipinski definition) is 3. The highest BCUT2D eigenvalue weighted by atomic mass is 127. The number of aromatic nitrogens is 6. The highest BCUT2D eigenvalue weighted by Crippen LogP contribution is 2.20. The number of anilines is 6. The second-order valence-electron chi connectivity index (χ2n) is 10.9. The molecule has 54 heavy (non-hydrogen) atoms. The summed E-state index contributed by atoms with van der Waals surface area (Å²) in [6, 6.07) is 28.4. The van der Waals surface area contributed by atoms with E-state index in [0.29, 0.717) is 0 Å². The van der Waals surface area contributed by atoms with Gasteiger partial charge in [0.25, 0.3) is 17.5 Å². The molecule has 9 nitrogen and oxygen atoms in total. The number of hydrogen-bond donors (Lipinski definition) is 3. The fourth-order valence-corrected chi connectivity index (χ4v) is 4.98. The Hall–Kier alpha value is -2.46. The normalized spacial score (nSPS) is 8.69. The van der Waals surface area contributed by atoms with Gasteiger partial charge in [-0.2, -0.15) is 0 Å². The Morgan fingerprint density at radius 1 is 0.426 bits per heavy atom. The van der Waals surface area contributed by atoms with Crippen LogP contribution in [0.5, 0.6) is 0 Å². The number of pyridine rings is 6. The molecular formula is C36H44BrCl7IN9. The summed E-state index contributed by atoms with van der Waals surface area (Å²) in [4.78, 5) is 0. The zero-order chi connectivity index (χ0) is 34.9. The molecule has 0 spiro atoms. The van der Waals surface area contributed by atoms with Gasteiger partial charge in [-0.05, 0) is 67.3 Å². The van der Waals surface area contributed by atoms with Crippen molar-refractivity contribution >= 4 is 80.8 Å². The van der Waals surface area contributed by atoms with Crippen molar-refractivity contribution in [2.75, 3.05) is 16.0 Å². The molecule has 3 N–H and O–H groups in total. The molecule has 6 aromatic rings. The van der Waals surface area contributed by atoms with Crippen molar-refractivity contribution in [3.63, 3.8) is 0 Å². The lowest BCUT2D eigenvalue weighted by Crippen LogP contribution is -3.00. The van der Waals surface area contributed by atoms with Crippen LogP contribution in [-0.4, -0.2) is 0 Å². The van der Waals surface area contributed by atoms with Crippen LogP contribution in [0.1, 0.15) is 0 Å². The van der Waals surface area contributed by atoms with Crippen LogP contribution in [0.2, 0.25) is 0 Å². The van der Waals surface area contributed by atoms with Crippen molar-refractivity contribution in [1.82, 2.24) is 0 Å². The third kappa shape index (κ3) is 20.5. The van der Waals surface area contributed by atoms with E-state index in [9.17, 15) is 0 Å². The van der Waals surface area contributed by atoms with E-state index >= 15 is 0 Å². The van der Waals surface area contributed by atoms with Gasteiger partial charge in [-0.15, -0.1) is 0 Å². The molecule has 6 aromatic heterocycles. The van der Waals surface area contributed by atoms with Gasteiger partial charge in [0.1, 0.15) is 25.6 Å². The predicted molar refractivity (Wildman–Crippen MR) is 203 cm³/mol. The van der Waals surface area contributed by atoms with E-state index in [0.717, 1.165) is 39.0 Å². The van der Waals surface area contributed by atoms with Crippen LogP contribution in [0.25, 0.3) is 0 Å². The SMILES string of the molecule is C[n+]1cccc(Nc2c(Br)ccc[n+]2C)c1.C[n+]1cccc(Nc2cccc[n+]2C)c1.C[n+]1cccc(Nc2cccc[n+]2C)c1.ClI.[Cl-].[Cl-].[Cl-].[Cl-].[Cl-].[Cl-]. The second kappa shape index (κ2) is 31.7. The van der Waals surface area contributed by atoms with Crippen molar-refractivity contribution in [1.29, 1.82) is 0 Å². The van der Waals surface area contributed by atoms with E-state index in [1.54, 1.807) is 21.5 Å². The monoisotopic (exact) mass is 1050 g/mol. The van der Waals surface area contributed by atoms with Crippen LogP contribution in [0, 0.1) is 0 Å². The van der Waals surface area contributed by atoms with Gasteiger partial charge in [-0.1, -0.05) is 12.1 Å². The summed E-state index contributed by atoms with van der Waals surface area (Å²) in [5.41, 5.74) is 3.23. The van der Waals surface area contributed by atoms with Crippen molar-refractivity contribution in [3.8, 4) is 0 Å².